The molecule has 0 amide bonds. The van der Waals surface area contributed by atoms with Crippen LogP contribution in [-0.4, -0.2) is 74.5 Å². The molecule has 0 N–H and O–H groups in total. The summed E-state index contributed by atoms with van der Waals surface area (Å²) < 4.78 is 0. The van der Waals surface area contributed by atoms with Gasteiger partial charge in [0.2, 0.25) is 0 Å². The Morgan fingerprint density at radius 1 is 1.00 bits per heavy atom. The molecule has 0 atom stereocenters. The Morgan fingerprint density at radius 3 is 1.00 bits per heavy atom. The van der Waals surface area contributed by atoms with Crippen molar-refractivity contribution < 1.29 is 0 Å². The van der Waals surface area contributed by atoms with Gasteiger partial charge < -0.3 is 0 Å². The van der Waals surface area contributed by atoms with Crippen LogP contribution >= 0.6 is 0 Å². The molecule has 0 fully saturated rings. The first-order valence-corrected chi connectivity index (χ1v) is 0. The monoisotopic (exact) mass is 466 g/mol. The zero-order chi connectivity index (χ0) is 0. The van der Waals surface area contributed by atoms with Gasteiger partial charge in [-0.25, -0.2) is 0 Å². The van der Waals surface area contributed by atoms with Crippen molar-refractivity contribution in [2.75, 3.05) is 0 Å². The van der Waals surface area contributed by atoms with Crippen molar-refractivity contribution >= 4 is 74.5 Å². The minimum Gasteiger partial charge on any atom is -0.0776 e. The van der Waals surface area contributed by atoms with Gasteiger partial charge in [0.1, 0.15) is 0 Å². The van der Waals surface area contributed by atoms with Crippen LogP contribution in [0.15, 0.2) is 0 Å². The molecule has 0 aliphatic heterocycles. The summed E-state index contributed by atoms with van der Waals surface area (Å²) in [4.78, 5) is 0. The molecule has 0 bridgehead atoms. The predicted octanol–water partition coefficient (Wildman–Crippen LogP) is -0.506. The van der Waals surface area contributed by atoms with Crippen LogP contribution in [0.2, 0.25) is 0 Å². The summed E-state index contributed by atoms with van der Waals surface area (Å²) in [6.45, 7) is 0. The molecule has 0 nitrogen and oxygen atoms in total. The Kier molecular flexibility index (Phi) is 140. The normalized spacial score (nSPS) is 0. The van der Waals surface area contributed by atoms with Gasteiger partial charge in [-0.3, -0.25) is 0 Å². The Bertz CT molecular complexity index is 8.00. The van der Waals surface area contributed by atoms with E-state index in [2.05, 4.69) is 0 Å². The van der Waals surface area contributed by atoms with Crippen LogP contribution in [0.5, 0.6) is 0 Å². The fraction of sp³-hybridized carbons (Fsp3) is 1.00. The summed E-state index contributed by atoms with van der Waals surface area (Å²) in [6.07, 6.45) is 0. The standard InChI is InChI=1S/CH4.Bi.Sb.Sn/h1H4;;;. The molecule has 10 radical (unpaired) electrons. The summed E-state index contributed by atoms with van der Waals surface area (Å²) in [6, 6.07) is 0. The van der Waals surface area contributed by atoms with Gasteiger partial charge in [-0.05, 0) is 0 Å². The molecule has 0 saturated heterocycles. The average Bonchev–Trinajstić information content (AvgIpc) is 0. The molecule has 4 heavy (non-hydrogen) atoms. The Morgan fingerprint density at radius 2 is 1.00 bits per heavy atom. The van der Waals surface area contributed by atoms with Crippen LogP contribution < -0.4 is 0 Å². The second-order valence-corrected chi connectivity index (χ2v) is 0. The van der Waals surface area contributed by atoms with Crippen molar-refractivity contribution in [2.24, 2.45) is 0 Å². The minimum atomic E-state index is 0. The van der Waals surface area contributed by atoms with Gasteiger partial charge in [-0.15, -0.1) is 0 Å². The molecule has 0 aliphatic carbocycles. The molecule has 0 aromatic carbocycles. The van der Waals surface area contributed by atoms with Gasteiger partial charge in [-0.1, -0.05) is 7.43 Å². The molecule has 0 spiro atoms. The maximum Gasteiger partial charge on any atom is 0 e. The minimum absolute atomic E-state index is 0. The maximum atomic E-state index is 0. The van der Waals surface area contributed by atoms with Gasteiger partial charge in [0.15, 0.2) is 0 Å². The van der Waals surface area contributed by atoms with Gasteiger partial charge in [-0.2, -0.15) is 0 Å². The summed E-state index contributed by atoms with van der Waals surface area (Å²) in [5.74, 6) is 0. The van der Waals surface area contributed by atoms with Crippen molar-refractivity contribution in [3.63, 3.8) is 0 Å². The molecular formula is CH4BiSbSn. The van der Waals surface area contributed by atoms with Crippen molar-refractivity contribution in [3.05, 3.63) is 0 Å². The molecule has 0 aliphatic rings. The second kappa shape index (κ2) is 17.8. The molecule has 0 heterocycles. The van der Waals surface area contributed by atoms with Crippen molar-refractivity contribution in [1.82, 2.24) is 0 Å². The molecule has 3 heteroatoms. The van der Waals surface area contributed by atoms with E-state index in [1.54, 1.807) is 0 Å². The average molecular weight is 465 g/mol. The zero-order valence-electron chi connectivity index (χ0n) is 1.39. The second-order valence-electron chi connectivity index (χ2n) is 0. The summed E-state index contributed by atoms with van der Waals surface area (Å²) in [5.41, 5.74) is 0. The van der Waals surface area contributed by atoms with Crippen LogP contribution in [0.4, 0.5) is 0 Å². The van der Waals surface area contributed by atoms with Gasteiger partial charge in [0, 0.05) is 74.5 Å². The Hall–Kier alpha value is 2.50. The number of hydrogen-bond donors (Lipinski definition) is 0. The van der Waals surface area contributed by atoms with Crippen molar-refractivity contribution in [2.45, 2.75) is 7.43 Å². The SMILES string of the molecule is C.[Bi].[Sb].[Sn]. The first kappa shape index (κ1) is 31.5. The fourth-order valence-electron chi connectivity index (χ4n) is 0. The summed E-state index contributed by atoms with van der Waals surface area (Å²) in [5, 5.41) is 0. The quantitative estimate of drug-likeness (QED) is 0.423. The third-order valence-electron chi connectivity index (χ3n) is 0. The van der Waals surface area contributed by atoms with Crippen LogP contribution in [0.3, 0.4) is 0 Å². The van der Waals surface area contributed by atoms with E-state index in [1.807, 2.05) is 0 Å². The Labute approximate surface area is 80.6 Å². The smallest absolute Gasteiger partial charge is 0 e. The molecule has 0 saturated carbocycles. The number of hydrogen-bond acceptors (Lipinski definition) is 0. The van der Waals surface area contributed by atoms with E-state index in [4.69, 9.17) is 0 Å². The number of rotatable bonds is 0. The zero-order valence-corrected chi connectivity index (χ0v) is 10.3. The van der Waals surface area contributed by atoms with Gasteiger partial charge in [0.05, 0.1) is 0 Å². The third kappa shape index (κ3) is 8.82. The topological polar surface area (TPSA) is 0 Å². The summed E-state index contributed by atoms with van der Waals surface area (Å²) in [7, 11) is 0. The fourth-order valence-corrected chi connectivity index (χ4v) is 0. The largest absolute Gasteiger partial charge is 0.0776 e. The van der Waals surface area contributed by atoms with E-state index in [0.29, 0.717) is 0 Å². The third-order valence-corrected chi connectivity index (χ3v) is 0. The molecule has 0 rings (SSSR count). The van der Waals surface area contributed by atoms with Crippen LogP contribution in [0.25, 0.3) is 0 Å². The van der Waals surface area contributed by atoms with Crippen LogP contribution in [-0.2, 0) is 0 Å². The summed E-state index contributed by atoms with van der Waals surface area (Å²) >= 11 is 0. The van der Waals surface area contributed by atoms with Gasteiger partial charge in [0.25, 0.3) is 0 Å². The van der Waals surface area contributed by atoms with Crippen molar-refractivity contribution in [1.29, 1.82) is 0 Å². The molecule has 0 aromatic heterocycles. The van der Waals surface area contributed by atoms with E-state index in [9.17, 15) is 0 Å². The van der Waals surface area contributed by atoms with Crippen molar-refractivity contribution in [3.8, 4) is 0 Å². The van der Waals surface area contributed by atoms with E-state index in [-0.39, 0.29) is 82.0 Å². The van der Waals surface area contributed by atoms with E-state index in [1.165, 1.54) is 0 Å². The molecular weight excluding hydrogens is 461 g/mol. The van der Waals surface area contributed by atoms with Crippen LogP contribution in [0.1, 0.15) is 7.43 Å². The van der Waals surface area contributed by atoms with E-state index in [0.717, 1.165) is 0 Å². The Balaban J connectivity index is 0. The molecule has 22 valence electrons. The predicted molar refractivity (Wildman–Crippen MR) is 24.0 cm³/mol. The van der Waals surface area contributed by atoms with Gasteiger partial charge >= 0.3 is 0 Å². The van der Waals surface area contributed by atoms with E-state index < -0.39 is 0 Å². The first-order chi connectivity index (χ1) is 0. The molecule has 0 unspecified atom stereocenters. The molecule has 0 aromatic rings. The maximum absolute atomic E-state index is 0. The van der Waals surface area contributed by atoms with E-state index >= 15 is 0 Å². The van der Waals surface area contributed by atoms with Crippen LogP contribution in [0, 0.1) is 0 Å². The first-order valence-electron chi connectivity index (χ1n) is 0.